The van der Waals surface area contributed by atoms with Gasteiger partial charge in [0.15, 0.2) is 0 Å². The summed E-state index contributed by atoms with van der Waals surface area (Å²) >= 11 is 1.65. The number of aromatic nitrogens is 4. The first-order valence-corrected chi connectivity index (χ1v) is 12.4. The zero-order valence-electron chi connectivity index (χ0n) is 19.2. The number of hydrogen-bond acceptors (Lipinski definition) is 7. The number of carbonyl (C=O) groups is 1. The van der Waals surface area contributed by atoms with E-state index in [0.717, 1.165) is 51.0 Å². The minimum Gasteiger partial charge on any atom is -0.446 e. The minimum atomic E-state index is -0.377. The van der Waals surface area contributed by atoms with Gasteiger partial charge in [-0.2, -0.15) is 5.10 Å². The van der Waals surface area contributed by atoms with Crippen molar-refractivity contribution >= 4 is 50.1 Å². The summed E-state index contributed by atoms with van der Waals surface area (Å²) in [7, 11) is 0. The molecule has 0 spiro atoms. The summed E-state index contributed by atoms with van der Waals surface area (Å²) in [6, 6.07) is 14.1. The number of nitrogens with zero attached hydrogens (tertiary/aromatic N) is 3. The van der Waals surface area contributed by atoms with Gasteiger partial charge in [-0.05, 0) is 49.1 Å². The van der Waals surface area contributed by atoms with Crippen LogP contribution in [0.3, 0.4) is 0 Å². The van der Waals surface area contributed by atoms with Crippen LogP contribution in [0.25, 0.3) is 21.1 Å². The van der Waals surface area contributed by atoms with Gasteiger partial charge in [0, 0.05) is 28.9 Å². The lowest BCUT2D eigenvalue weighted by atomic mass is 9.94. The minimum absolute atomic E-state index is 0.152. The number of carbonyl (C=O) groups excluding carboxylic acids is 1. The maximum atomic E-state index is 12.4. The molecule has 2 aromatic carbocycles. The highest BCUT2D eigenvalue weighted by molar-refractivity contribution is 7.19. The molecular formula is C26H24N6O2S. The van der Waals surface area contributed by atoms with Gasteiger partial charge < -0.3 is 15.4 Å². The van der Waals surface area contributed by atoms with Crippen molar-refractivity contribution in [3.8, 4) is 0 Å². The van der Waals surface area contributed by atoms with Gasteiger partial charge in [-0.25, -0.2) is 14.8 Å². The fourth-order valence-corrected chi connectivity index (χ4v) is 5.87. The molecule has 3 N–H and O–H groups in total. The topological polar surface area (TPSA) is 105 Å². The maximum Gasteiger partial charge on any atom is 0.407 e. The zero-order valence-corrected chi connectivity index (χ0v) is 20.0. The first-order valence-electron chi connectivity index (χ1n) is 11.6. The van der Waals surface area contributed by atoms with Gasteiger partial charge in [0.05, 0.1) is 17.1 Å². The van der Waals surface area contributed by atoms with E-state index in [1.54, 1.807) is 23.9 Å². The lowest BCUT2D eigenvalue weighted by Gasteiger charge is -2.23. The Morgan fingerprint density at radius 1 is 1.23 bits per heavy atom. The molecule has 5 aromatic rings. The Hall–Kier alpha value is -3.98. The molecule has 0 saturated heterocycles. The van der Waals surface area contributed by atoms with Gasteiger partial charge in [-0.15, -0.1) is 11.3 Å². The predicted octanol–water partition coefficient (Wildman–Crippen LogP) is 5.40. The van der Waals surface area contributed by atoms with Crippen LogP contribution in [0.2, 0.25) is 0 Å². The van der Waals surface area contributed by atoms with Crippen LogP contribution in [-0.2, 0) is 24.1 Å². The van der Waals surface area contributed by atoms with Crippen LogP contribution >= 0.6 is 11.3 Å². The summed E-state index contributed by atoms with van der Waals surface area (Å²) < 4.78 is 5.75. The number of fused-ring (bicyclic) bond motifs is 4. The van der Waals surface area contributed by atoms with Crippen molar-refractivity contribution in [1.82, 2.24) is 25.5 Å². The molecule has 1 amide bonds. The highest BCUT2D eigenvalue weighted by Crippen LogP contribution is 2.39. The molecule has 3 aromatic heterocycles. The molecule has 1 atom stereocenters. The van der Waals surface area contributed by atoms with E-state index in [2.05, 4.69) is 36.9 Å². The van der Waals surface area contributed by atoms with E-state index in [9.17, 15) is 4.79 Å². The van der Waals surface area contributed by atoms with E-state index in [1.807, 2.05) is 43.3 Å². The number of hydrogen-bond donors (Lipinski definition) is 3. The molecule has 1 aliphatic rings. The quantitative estimate of drug-likeness (QED) is 0.308. The van der Waals surface area contributed by atoms with Crippen LogP contribution in [0, 0.1) is 6.92 Å². The fourth-order valence-electron chi connectivity index (χ4n) is 4.62. The average Bonchev–Trinajstić information content (AvgIpc) is 3.47. The highest BCUT2D eigenvalue weighted by Gasteiger charge is 2.27. The van der Waals surface area contributed by atoms with Crippen molar-refractivity contribution in [3.63, 3.8) is 0 Å². The molecule has 35 heavy (non-hydrogen) atoms. The summed E-state index contributed by atoms with van der Waals surface area (Å²) in [6.45, 7) is 2.49. The molecule has 8 nitrogen and oxygen atoms in total. The number of nitrogens with one attached hydrogen (secondary N) is 3. The molecule has 3 heterocycles. The van der Waals surface area contributed by atoms with Crippen LogP contribution in [0.4, 0.5) is 16.3 Å². The first kappa shape index (κ1) is 21.5. The Morgan fingerprint density at radius 2 is 2.17 bits per heavy atom. The Bertz CT molecular complexity index is 1540. The molecule has 0 saturated carbocycles. The number of H-pyrrole nitrogens is 1. The van der Waals surface area contributed by atoms with Crippen LogP contribution in [-0.4, -0.2) is 32.4 Å². The van der Waals surface area contributed by atoms with E-state index in [4.69, 9.17) is 4.74 Å². The second-order valence-corrected chi connectivity index (χ2v) is 9.90. The SMILES string of the molecule is Cc1cccc(CNC(=O)OC2CCc3c(sc4ncnc(Nc5ccc6[nH]ncc6c5)c34)C2)c1. The molecule has 176 valence electrons. The first-order chi connectivity index (χ1) is 17.1. The number of ether oxygens (including phenoxy) is 1. The van der Waals surface area contributed by atoms with E-state index in [1.165, 1.54) is 16.0 Å². The third kappa shape index (κ3) is 4.42. The Labute approximate surface area is 205 Å². The number of anilines is 2. The summed E-state index contributed by atoms with van der Waals surface area (Å²) in [5, 5.41) is 15.5. The fraction of sp³-hybridized carbons (Fsp3) is 0.231. The van der Waals surface area contributed by atoms with Gasteiger partial charge in [0.1, 0.15) is 23.1 Å². The Kier molecular flexibility index (Phi) is 5.54. The molecule has 0 fully saturated rings. The lowest BCUT2D eigenvalue weighted by Crippen LogP contribution is -2.31. The standard InChI is InChI=1S/C26H24N6O2S/c1-15-3-2-4-16(9-15)12-27-26(33)34-19-6-7-20-22(11-19)35-25-23(20)24(28-14-29-25)31-18-5-8-21-17(10-18)13-30-32-21/h2-5,8-10,13-14,19H,6-7,11-12H2,1H3,(H,27,33)(H,30,32)(H,28,29,31). The van der Waals surface area contributed by atoms with Gasteiger partial charge in [-0.1, -0.05) is 29.8 Å². The largest absolute Gasteiger partial charge is 0.446 e. The monoisotopic (exact) mass is 484 g/mol. The molecular weight excluding hydrogens is 460 g/mol. The van der Waals surface area contributed by atoms with Crippen LogP contribution in [0.15, 0.2) is 55.0 Å². The molecule has 1 aliphatic carbocycles. The van der Waals surface area contributed by atoms with Gasteiger partial charge in [-0.3, -0.25) is 5.10 Å². The van der Waals surface area contributed by atoms with Crippen molar-refractivity contribution in [2.75, 3.05) is 5.32 Å². The number of benzene rings is 2. The molecule has 1 unspecified atom stereocenters. The third-order valence-electron chi connectivity index (χ3n) is 6.30. The number of thiophene rings is 1. The second-order valence-electron chi connectivity index (χ2n) is 8.82. The predicted molar refractivity (Wildman–Crippen MR) is 137 cm³/mol. The lowest BCUT2D eigenvalue weighted by molar-refractivity contribution is 0.0899. The number of rotatable bonds is 5. The molecule has 6 rings (SSSR count). The number of amides is 1. The number of aromatic amines is 1. The summed E-state index contributed by atoms with van der Waals surface area (Å²) in [5.74, 6) is 0.797. The smallest absolute Gasteiger partial charge is 0.407 e. The van der Waals surface area contributed by atoms with E-state index in [-0.39, 0.29) is 12.2 Å². The Morgan fingerprint density at radius 3 is 3.09 bits per heavy atom. The highest BCUT2D eigenvalue weighted by atomic mass is 32.1. The molecule has 9 heteroatoms. The van der Waals surface area contributed by atoms with Crippen molar-refractivity contribution in [2.45, 2.75) is 38.8 Å². The number of alkyl carbamates (subject to hydrolysis) is 1. The van der Waals surface area contributed by atoms with E-state index >= 15 is 0 Å². The summed E-state index contributed by atoms with van der Waals surface area (Å²) in [4.78, 5) is 23.6. The van der Waals surface area contributed by atoms with Crippen molar-refractivity contribution < 1.29 is 9.53 Å². The van der Waals surface area contributed by atoms with Crippen molar-refractivity contribution in [2.24, 2.45) is 0 Å². The zero-order chi connectivity index (χ0) is 23.8. The summed E-state index contributed by atoms with van der Waals surface area (Å²) in [5.41, 5.74) is 5.41. The third-order valence-corrected chi connectivity index (χ3v) is 7.46. The van der Waals surface area contributed by atoms with E-state index in [0.29, 0.717) is 13.0 Å². The normalized spacial score (nSPS) is 15.2. The van der Waals surface area contributed by atoms with E-state index < -0.39 is 0 Å². The Balaban J connectivity index is 1.16. The second kappa shape index (κ2) is 8.99. The van der Waals surface area contributed by atoms with Crippen molar-refractivity contribution in [1.29, 1.82) is 0 Å². The van der Waals surface area contributed by atoms with Crippen molar-refractivity contribution in [3.05, 3.63) is 76.6 Å². The van der Waals surface area contributed by atoms with Crippen LogP contribution in [0.5, 0.6) is 0 Å². The number of aryl methyl sites for hydroxylation is 2. The van der Waals surface area contributed by atoms with Gasteiger partial charge in [0.2, 0.25) is 0 Å². The van der Waals surface area contributed by atoms with Gasteiger partial charge >= 0.3 is 6.09 Å². The molecule has 0 bridgehead atoms. The van der Waals surface area contributed by atoms with Crippen LogP contribution < -0.4 is 10.6 Å². The molecule has 0 radical (unpaired) electrons. The van der Waals surface area contributed by atoms with Gasteiger partial charge in [0.25, 0.3) is 0 Å². The summed E-state index contributed by atoms with van der Waals surface area (Å²) in [6.07, 6.45) is 5.14. The van der Waals surface area contributed by atoms with Crippen LogP contribution in [0.1, 0.15) is 28.0 Å². The molecule has 0 aliphatic heterocycles. The average molecular weight is 485 g/mol. The maximum absolute atomic E-state index is 12.4.